The number of aromatic nitrogens is 1. The standard InChI is InChI=1S/C13H22N4O/c1-13(2,17(4)5)9-16-10-6-7-15-11(8-10)12(18)14-3/h6-8H,9H2,1-5H3,(H,14,18)(H,15,16). The van der Waals surface area contributed by atoms with Gasteiger partial charge in [-0.05, 0) is 40.1 Å². The number of anilines is 1. The lowest BCUT2D eigenvalue weighted by Gasteiger charge is -2.33. The highest BCUT2D eigenvalue weighted by atomic mass is 16.1. The van der Waals surface area contributed by atoms with Crippen molar-refractivity contribution in [2.75, 3.05) is 33.0 Å². The quantitative estimate of drug-likeness (QED) is 0.824. The van der Waals surface area contributed by atoms with E-state index in [9.17, 15) is 4.79 Å². The average molecular weight is 250 g/mol. The van der Waals surface area contributed by atoms with Gasteiger partial charge in [0.2, 0.25) is 0 Å². The van der Waals surface area contributed by atoms with E-state index in [1.807, 2.05) is 20.2 Å². The molecule has 1 heterocycles. The monoisotopic (exact) mass is 250 g/mol. The van der Waals surface area contributed by atoms with Gasteiger partial charge in [-0.15, -0.1) is 0 Å². The second-order valence-electron chi connectivity index (χ2n) is 5.07. The molecule has 0 radical (unpaired) electrons. The van der Waals surface area contributed by atoms with Gasteiger partial charge < -0.3 is 15.5 Å². The SMILES string of the molecule is CNC(=O)c1cc(NCC(C)(C)N(C)C)ccn1. The van der Waals surface area contributed by atoms with E-state index in [1.54, 1.807) is 19.3 Å². The van der Waals surface area contributed by atoms with Crippen molar-refractivity contribution in [2.45, 2.75) is 19.4 Å². The minimum absolute atomic E-state index is 0.0381. The number of pyridine rings is 1. The van der Waals surface area contributed by atoms with Gasteiger partial charge in [-0.3, -0.25) is 9.78 Å². The first kappa shape index (κ1) is 14.4. The third kappa shape index (κ3) is 3.70. The Morgan fingerprint density at radius 2 is 2.11 bits per heavy atom. The number of hydrogen-bond donors (Lipinski definition) is 2. The summed E-state index contributed by atoms with van der Waals surface area (Å²) in [7, 11) is 5.69. The minimum atomic E-state index is -0.175. The molecular formula is C13H22N4O. The summed E-state index contributed by atoms with van der Waals surface area (Å²) in [6, 6.07) is 3.61. The van der Waals surface area contributed by atoms with Gasteiger partial charge in [0.25, 0.3) is 5.91 Å². The third-order valence-electron chi connectivity index (χ3n) is 3.16. The third-order valence-corrected chi connectivity index (χ3v) is 3.16. The molecule has 0 aromatic carbocycles. The number of nitrogens with zero attached hydrogens (tertiary/aromatic N) is 2. The fourth-order valence-electron chi connectivity index (χ4n) is 1.27. The molecular weight excluding hydrogens is 228 g/mol. The molecule has 100 valence electrons. The highest BCUT2D eigenvalue weighted by Crippen LogP contribution is 2.13. The van der Waals surface area contributed by atoms with E-state index < -0.39 is 0 Å². The van der Waals surface area contributed by atoms with Crippen LogP contribution < -0.4 is 10.6 Å². The van der Waals surface area contributed by atoms with Gasteiger partial charge in [0.15, 0.2) is 0 Å². The molecule has 1 aromatic rings. The molecule has 0 spiro atoms. The predicted molar refractivity (Wildman–Crippen MR) is 73.9 cm³/mol. The van der Waals surface area contributed by atoms with Crippen LogP contribution in [0.5, 0.6) is 0 Å². The second-order valence-corrected chi connectivity index (χ2v) is 5.07. The molecule has 0 aliphatic carbocycles. The zero-order valence-corrected chi connectivity index (χ0v) is 11.7. The molecule has 0 aliphatic heterocycles. The highest BCUT2D eigenvalue weighted by Gasteiger charge is 2.19. The van der Waals surface area contributed by atoms with Crippen molar-refractivity contribution in [3.8, 4) is 0 Å². The number of amides is 1. The van der Waals surface area contributed by atoms with Crippen LogP contribution >= 0.6 is 0 Å². The molecule has 1 aromatic heterocycles. The Bertz CT molecular complexity index is 415. The summed E-state index contributed by atoms with van der Waals surface area (Å²) in [5, 5.41) is 5.89. The summed E-state index contributed by atoms with van der Waals surface area (Å²) in [5.74, 6) is -0.175. The summed E-state index contributed by atoms with van der Waals surface area (Å²) in [6.45, 7) is 5.10. The molecule has 5 heteroatoms. The van der Waals surface area contributed by atoms with Crippen LogP contribution in [0.3, 0.4) is 0 Å². The smallest absolute Gasteiger partial charge is 0.269 e. The Kier molecular flexibility index (Phi) is 4.67. The number of likely N-dealkylation sites (N-methyl/N-ethyl adjacent to an activating group) is 1. The van der Waals surface area contributed by atoms with Gasteiger partial charge in [-0.25, -0.2) is 0 Å². The van der Waals surface area contributed by atoms with E-state index >= 15 is 0 Å². The van der Waals surface area contributed by atoms with Gasteiger partial charge >= 0.3 is 0 Å². The fraction of sp³-hybridized carbons (Fsp3) is 0.538. The Hall–Kier alpha value is -1.62. The molecule has 0 saturated carbocycles. The van der Waals surface area contributed by atoms with E-state index in [2.05, 4.69) is 34.4 Å². The number of carbonyl (C=O) groups excluding carboxylic acids is 1. The summed E-state index contributed by atoms with van der Waals surface area (Å²) in [4.78, 5) is 17.6. The normalized spacial score (nSPS) is 11.4. The lowest BCUT2D eigenvalue weighted by Crippen LogP contribution is -2.44. The number of carbonyl (C=O) groups is 1. The zero-order chi connectivity index (χ0) is 13.8. The van der Waals surface area contributed by atoms with Gasteiger partial charge in [-0.1, -0.05) is 0 Å². The Morgan fingerprint density at radius 1 is 1.44 bits per heavy atom. The highest BCUT2D eigenvalue weighted by molar-refractivity contribution is 5.92. The maximum absolute atomic E-state index is 11.5. The Morgan fingerprint density at radius 3 is 2.67 bits per heavy atom. The second kappa shape index (κ2) is 5.82. The molecule has 0 unspecified atom stereocenters. The molecule has 5 nitrogen and oxygen atoms in total. The van der Waals surface area contributed by atoms with Crippen LogP contribution in [-0.4, -0.2) is 49.0 Å². The molecule has 18 heavy (non-hydrogen) atoms. The van der Waals surface area contributed by atoms with Gasteiger partial charge in [0.05, 0.1) is 0 Å². The lowest BCUT2D eigenvalue weighted by atomic mass is 10.0. The van der Waals surface area contributed by atoms with E-state index in [-0.39, 0.29) is 11.4 Å². The van der Waals surface area contributed by atoms with Gasteiger partial charge in [0.1, 0.15) is 5.69 Å². The first-order valence-corrected chi connectivity index (χ1v) is 5.96. The number of hydrogen-bond acceptors (Lipinski definition) is 4. The first-order chi connectivity index (χ1) is 8.36. The maximum atomic E-state index is 11.5. The number of nitrogens with one attached hydrogen (secondary N) is 2. The van der Waals surface area contributed by atoms with E-state index in [0.29, 0.717) is 5.69 Å². The topological polar surface area (TPSA) is 57.3 Å². The predicted octanol–water partition coefficient (Wildman–Crippen LogP) is 1.19. The van der Waals surface area contributed by atoms with E-state index in [0.717, 1.165) is 12.2 Å². The van der Waals surface area contributed by atoms with Crippen LogP contribution in [0.15, 0.2) is 18.3 Å². The largest absolute Gasteiger partial charge is 0.383 e. The summed E-state index contributed by atoms with van der Waals surface area (Å²) in [6.07, 6.45) is 1.63. The molecule has 1 rings (SSSR count). The molecule has 0 saturated heterocycles. The molecule has 2 N–H and O–H groups in total. The van der Waals surface area contributed by atoms with Crippen molar-refractivity contribution >= 4 is 11.6 Å². The summed E-state index contributed by atoms with van der Waals surface area (Å²) < 4.78 is 0. The molecule has 0 fully saturated rings. The van der Waals surface area contributed by atoms with Crippen LogP contribution in [0, 0.1) is 0 Å². The van der Waals surface area contributed by atoms with Crippen LogP contribution in [0.2, 0.25) is 0 Å². The van der Waals surface area contributed by atoms with Gasteiger partial charge in [-0.2, -0.15) is 0 Å². The summed E-state index contributed by atoms with van der Waals surface area (Å²) in [5.41, 5.74) is 1.36. The Balaban J connectivity index is 2.72. The Labute approximate surface area is 109 Å². The molecule has 0 bridgehead atoms. The molecule has 1 amide bonds. The van der Waals surface area contributed by atoms with E-state index in [4.69, 9.17) is 0 Å². The van der Waals surface area contributed by atoms with Crippen molar-refractivity contribution in [1.29, 1.82) is 0 Å². The van der Waals surface area contributed by atoms with Crippen LogP contribution in [0.4, 0.5) is 5.69 Å². The van der Waals surface area contributed by atoms with Crippen molar-refractivity contribution in [3.05, 3.63) is 24.0 Å². The van der Waals surface area contributed by atoms with Crippen molar-refractivity contribution in [2.24, 2.45) is 0 Å². The first-order valence-electron chi connectivity index (χ1n) is 5.96. The summed E-state index contributed by atoms with van der Waals surface area (Å²) >= 11 is 0. The van der Waals surface area contributed by atoms with Crippen molar-refractivity contribution < 1.29 is 4.79 Å². The van der Waals surface area contributed by atoms with Crippen molar-refractivity contribution in [3.63, 3.8) is 0 Å². The zero-order valence-electron chi connectivity index (χ0n) is 11.7. The van der Waals surface area contributed by atoms with Crippen LogP contribution in [0.1, 0.15) is 24.3 Å². The van der Waals surface area contributed by atoms with Crippen LogP contribution in [0.25, 0.3) is 0 Å². The van der Waals surface area contributed by atoms with Crippen LogP contribution in [-0.2, 0) is 0 Å². The lowest BCUT2D eigenvalue weighted by molar-refractivity contribution is 0.0958. The van der Waals surface area contributed by atoms with E-state index in [1.165, 1.54) is 0 Å². The maximum Gasteiger partial charge on any atom is 0.269 e. The number of rotatable bonds is 5. The van der Waals surface area contributed by atoms with Crippen molar-refractivity contribution in [1.82, 2.24) is 15.2 Å². The molecule has 0 atom stereocenters. The minimum Gasteiger partial charge on any atom is -0.383 e. The van der Waals surface area contributed by atoms with Gasteiger partial charge in [0, 0.05) is 31.0 Å². The fourth-order valence-corrected chi connectivity index (χ4v) is 1.27. The molecule has 0 aliphatic rings. The average Bonchev–Trinajstić information content (AvgIpc) is 2.35.